The Kier molecular flexibility index (Phi) is 5.39. The van der Waals surface area contributed by atoms with E-state index >= 15 is 0 Å². The number of ether oxygens (including phenoxy) is 1. The van der Waals surface area contributed by atoms with Gasteiger partial charge in [0.2, 0.25) is 0 Å². The highest BCUT2D eigenvalue weighted by molar-refractivity contribution is 5.81. The highest BCUT2D eigenvalue weighted by Crippen LogP contribution is 2.16. The molecule has 0 saturated carbocycles. The summed E-state index contributed by atoms with van der Waals surface area (Å²) in [4.78, 5) is 11.0. The van der Waals surface area contributed by atoms with Gasteiger partial charge >= 0.3 is 5.97 Å². The molecule has 17 heavy (non-hydrogen) atoms. The minimum Gasteiger partial charge on any atom is -0.463 e. The van der Waals surface area contributed by atoms with Gasteiger partial charge in [-0.1, -0.05) is 30.3 Å². The number of esters is 1. The molecule has 0 bridgehead atoms. The molecule has 0 unspecified atom stereocenters. The molecule has 2 N–H and O–H groups in total. The van der Waals surface area contributed by atoms with Crippen LogP contribution in [0.4, 0.5) is 0 Å². The van der Waals surface area contributed by atoms with E-state index in [1.165, 1.54) is 6.08 Å². The summed E-state index contributed by atoms with van der Waals surface area (Å²) in [6.45, 7) is 1.97. The lowest BCUT2D eigenvalue weighted by atomic mass is 10.0. The first kappa shape index (κ1) is 13.4. The van der Waals surface area contributed by atoms with Crippen LogP contribution in [0.2, 0.25) is 0 Å². The third-order valence-electron chi connectivity index (χ3n) is 2.18. The van der Waals surface area contributed by atoms with Gasteiger partial charge in [0.05, 0.1) is 6.61 Å². The second-order valence-electron chi connectivity index (χ2n) is 3.46. The molecule has 0 aliphatic carbocycles. The van der Waals surface area contributed by atoms with Gasteiger partial charge in [0, 0.05) is 6.08 Å². The molecule has 1 aromatic carbocycles. The van der Waals surface area contributed by atoms with Crippen LogP contribution in [0.15, 0.2) is 42.5 Å². The third kappa shape index (κ3) is 4.38. The van der Waals surface area contributed by atoms with E-state index in [1.54, 1.807) is 31.2 Å². The van der Waals surface area contributed by atoms with Crippen molar-refractivity contribution in [3.05, 3.63) is 48.0 Å². The Morgan fingerprint density at radius 2 is 2.00 bits per heavy atom. The molecule has 0 aliphatic heterocycles. The predicted octanol–water partition coefficient (Wildman–Crippen LogP) is 1.20. The van der Waals surface area contributed by atoms with Crippen molar-refractivity contribution >= 4 is 5.97 Å². The van der Waals surface area contributed by atoms with Crippen LogP contribution >= 0.6 is 0 Å². The average molecular weight is 236 g/mol. The molecule has 0 spiro atoms. The van der Waals surface area contributed by atoms with Crippen LogP contribution in [0.5, 0.6) is 0 Å². The molecule has 4 heteroatoms. The molecule has 0 fully saturated rings. The quantitative estimate of drug-likeness (QED) is 0.595. The first-order valence-corrected chi connectivity index (χ1v) is 5.41. The van der Waals surface area contributed by atoms with E-state index in [2.05, 4.69) is 4.74 Å². The molecule has 1 rings (SSSR count). The lowest BCUT2D eigenvalue weighted by molar-refractivity contribution is -0.137. The third-order valence-corrected chi connectivity index (χ3v) is 2.18. The summed E-state index contributed by atoms with van der Waals surface area (Å²) >= 11 is 0. The fourth-order valence-electron chi connectivity index (χ4n) is 1.32. The molecule has 0 amide bonds. The van der Waals surface area contributed by atoms with Crippen LogP contribution in [0.25, 0.3) is 0 Å². The number of hydrogen-bond acceptors (Lipinski definition) is 4. The van der Waals surface area contributed by atoms with Crippen molar-refractivity contribution in [2.45, 2.75) is 19.1 Å². The van der Waals surface area contributed by atoms with Crippen molar-refractivity contribution in [3.8, 4) is 0 Å². The van der Waals surface area contributed by atoms with Crippen LogP contribution in [0.3, 0.4) is 0 Å². The summed E-state index contributed by atoms with van der Waals surface area (Å²) in [6.07, 6.45) is 0.138. The summed E-state index contributed by atoms with van der Waals surface area (Å²) in [7, 11) is 0. The second kappa shape index (κ2) is 6.83. The van der Waals surface area contributed by atoms with E-state index in [1.807, 2.05) is 6.07 Å². The van der Waals surface area contributed by atoms with Crippen molar-refractivity contribution in [1.29, 1.82) is 0 Å². The van der Waals surface area contributed by atoms with E-state index in [0.29, 0.717) is 5.56 Å². The van der Waals surface area contributed by atoms with Crippen LogP contribution < -0.4 is 0 Å². The first-order valence-electron chi connectivity index (χ1n) is 5.41. The smallest absolute Gasteiger partial charge is 0.330 e. The molecule has 0 aliphatic rings. The molecule has 0 saturated heterocycles. The van der Waals surface area contributed by atoms with Gasteiger partial charge in [-0.05, 0) is 18.6 Å². The Balaban J connectivity index is 2.59. The minimum atomic E-state index is -1.14. The topological polar surface area (TPSA) is 66.8 Å². The minimum absolute atomic E-state index is 0.278. The van der Waals surface area contributed by atoms with Crippen LogP contribution in [0.1, 0.15) is 18.6 Å². The summed E-state index contributed by atoms with van der Waals surface area (Å²) in [6, 6.07) is 8.75. The summed E-state index contributed by atoms with van der Waals surface area (Å²) < 4.78 is 4.66. The normalized spacial score (nSPS) is 14.5. The van der Waals surface area contributed by atoms with Gasteiger partial charge in [0.25, 0.3) is 0 Å². The number of rotatable bonds is 5. The van der Waals surface area contributed by atoms with Crippen molar-refractivity contribution in [1.82, 2.24) is 0 Å². The van der Waals surface area contributed by atoms with Crippen molar-refractivity contribution in [2.75, 3.05) is 6.61 Å². The molecule has 0 aromatic heterocycles. The Hall–Kier alpha value is -1.65. The highest BCUT2D eigenvalue weighted by atomic mass is 16.5. The Bertz CT molecular complexity index is 372. The highest BCUT2D eigenvalue weighted by Gasteiger charge is 2.15. The second-order valence-corrected chi connectivity index (χ2v) is 3.46. The zero-order valence-corrected chi connectivity index (χ0v) is 9.61. The van der Waals surface area contributed by atoms with Crippen molar-refractivity contribution in [3.63, 3.8) is 0 Å². The first-order chi connectivity index (χ1) is 8.15. The molecule has 0 radical (unpaired) electrons. The standard InChI is InChI=1S/C13H16O4/c1-2-17-12(15)9-8-11(14)13(16)10-6-4-3-5-7-10/h3-9,11,13-14,16H,2H2,1H3/b9-8+/t11-,13-/m1/s1. The van der Waals surface area contributed by atoms with Gasteiger partial charge in [-0.15, -0.1) is 0 Å². The Morgan fingerprint density at radius 1 is 1.35 bits per heavy atom. The molecular formula is C13H16O4. The van der Waals surface area contributed by atoms with E-state index in [0.717, 1.165) is 6.08 Å². The van der Waals surface area contributed by atoms with Gasteiger partial charge in [-0.2, -0.15) is 0 Å². The Morgan fingerprint density at radius 3 is 2.59 bits per heavy atom. The summed E-state index contributed by atoms with van der Waals surface area (Å²) in [5.74, 6) is -0.535. The fourth-order valence-corrected chi connectivity index (χ4v) is 1.32. The molecule has 1 aromatic rings. The number of hydrogen-bond donors (Lipinski definition) is 2. The number of aliphatic hydroxyl groups is 2. The maximum Gasteiger partial charge on any atom is 0.330 e. The van der Waals surface area contributed by atoms with E-state index in [9.17, 15) is 15.0 Å². The van der Waals surface area contributed by atoms with E-state index < -0.39 is 18.2 Å². The number of carbonyl (C=O) groups is 1. The van der Waals surface area contributed by atoms with Crippen LogP contribution in [-0.2, 0) is 9.53 Å². The van der Waals surface area contributed by atoms with Gasteiger partial charge in [0.15, 0.2) is 0 Å². The van der Waals surface area contributed by atoms with E-state index in [-0.39, 0.29) is 6.61 Å². The van der Waals surface area contributed by atoms with Crippen LogP contribution in [-0.4, -0.2) is 28.9 Å². The largest absolute Gasteiger partial charge is 0.463 e. The maximum absolute atomic E-state index is 11.0. The van der Waals surface area contributed by atoms with Gasteiger partial charge in [0.1, 0.15) is 12.2 Å². The molecule has 0 heterocycles. The fraction of sp³-hybridized carbons (Fsp3) is 0.308. The summed E-state index contributed by atoms with van der Waals surface area (Å²) in [5, 5.41) is 19.4. The molecule has 92 valence electrons. The number of aliphatic hydroxyl groups excluding tert-OH is 2. The van der Waals surface area contributed by atoms with Gasteiger partial charge in [-0.25, -0.2) is 4.79 Å². The monoisotopic (exact) mass is 236 g/mol. The molecule has 4 nitrogen and oxygen atoms in total. The van der Waals surface area contributed by atoms with E-state index in [4.69, 9.17) is 0 Å². The number of carbonyl (C=O) groups excluding carboxylic acids is 1. The molecule has 2 atom stereocenters. The summed E-state index contributed by atoms with van der Waals surface area (Å²) in [5.41, 5.74) is 0.591. The molecular weight excluding hydrogens is 220 g/mol. The zero-order chi connectivity index (χ0) is 12.7. The average Bonchev–Trinajstić information content (AvgIpc) is 2.36. The predicted molar refractivity (Wildman–Crippen MR) is 63.2 cm³/mol. The van der Waals surface area contributed by atoms with Gasteiger partial charge < -0.3 is 14.9 Å². The van der Waals surface area contributed by atoms with Gasteiger partial charge in [-0.3, -0.25) is 0 Å². The number of benzene rings is 1. The van der Waals surface area contributed by atoms with Crippen molar-refractivity contribution < 1.29 is 19.7 Å². The SMILES string of the molecule is CCOC(=O)/C=C/[C@@H](O)[C@H](O)c1ccccc1. The zero-order valence-electron chi connectivity index (χ0n) is 9.61. The van der Waals surface area contributed by atoms with Crippen LogP contribution in [0, 0.1) is 0 Å². The maximum atomic E-state index is 11.0. The lowest BCUT2D eigenvalue weighted by Gasteiger charge is -2.14. The van der Waals surface area contributed by atoms with Crippen molar-refractivity contribution in [2.24, 2.45) is 0 Å². The lowest BCUT2D eigenvalue weighted by Crippen LogP contribution is -2.16. The Labute approximate surface area is 100 Å².